The number of nitrogens with zero attached hydrogens (tertiary/aromatic N) is 2. The number of hydrogen-bond donors (Lipinski definition) is 2. The van der Waals surface area contributed by atoms with E-state index in [0.29, 0.717) is 46.0 Å². The molecule has 0 saturated heterocycles. The molecule has 6 nitrogen and oxygen atoms in total. The molecule has 0 aliphatic rings. The number of nitrogens with one attached hydrogen (secondary N) is 2. The Morgan fingerprint density at radius 1 is 1.07 bits per heavy atom. The van der Waals surface area contributed by atoms with Crippen molar-refractivity contribution in [3.8, 4) is 0 Å². The zero-order valence-electron chi connectivity index (χ0n) is 16.4. The number of fused-ring (bicyclic) bond motifs is 1. The van der Waals surface area contributed by atoms with Gasteiger partial charge in [0.2, 0.25) is 5.91 Å². The Morgan fingerprint density at radius 3 is 2.48 bits per heavy atom. The molecule has 0 aliphatic carbocycles. The van der Waals surface area contributed by atoms with Crippen molar-refractivity contribution >= 4 is 45.7 Å². The largest absolute Gasteiger partial charge is 0.375 e. The first kappa shape index (κ1) is 20.6. The van der Waals surface area contributed by atoms with E-state index >= 15 is 0 Å². The summed E-state index contributed by atoms with van der Waals surface area (Å²) in [6, 6.07) is 14.4. The van der Waals surface area contributed by atoms with Crippen LogP contribution in [0.1, 0.15) is 24.2 Å². The highest BCUT2D eigenvalue weighted by atomic mass is 35.5. The number of carbonyl (C=O) groups excluding carboxylic acids is 2. The summed E-state index contributed by atoms with van der Waals surface area (Å²) in [5, 5.41) is 7.22. The lowest BCUT2D eigenvalue weighted by Gasteiger charge is -2.20. The molecule has 0 fully saturated rings. The number of rotatable bonds is 7. The van der Waals surface area contributed by atoms with Gasteiger partial charge in [-0.1, -0.05) is 29.8 Å². The summed E-state index contributed by atoms with van der Waals surface area (Å²) in [4.78, 5) is 31.5. The van der Waals surface area contributed by atoms with E-state index in [-0.39, 0.29) is 18.4 Å². The summed E-state index contributed by atoms with van der Waals surface area (Å²) in [7, 11) is 0. The number of benzene rings is 2. The fourth-order valence-electron chi connectivity index (χ4n) is 3.10. The summed E-state index contributed by atoms with van der Waals surface area (Å²) in [6.07, 6.45) is 1.51. The molecule has 7 heteroatoms. The molecule has 1 heterocycles. The lowest BCUT2D eigenvalue weighted by Crippen LogP contribution is -2.35. The lowest BCUT2D eigenvalue weighted by atomic mass is 10.1. The monoisotopic (exact) mass is 410 g/mol. The van der Waals surface area contributed by atoms with Crippen molar-refractivity contribution < 1.29 is 9.59 Å². The van der Waals surface area contributed by atoms with Gasteiger partial charge in [-0.15, -0.1) is 0 Å². The first-order chi connectivity index (χ1) is 14.0. The minimum atomic E-state index is -0.316. The van der Waals surface area contributed by atoms with Crippen LogP contribution in [0.4, 0.5) is 11.4 Å². The van der Waals surface area contributed by atoms with Crippen LogP contribution in [0.15, 0.2) is 54.7 Å². The van der Waals surface area contributed by atoms with E-state index in [1.54, 1.807) is 35.2 Å². The zero-order chi connectivity index (χ0) is 20.8. The molecular weight excluding hydrogens is 388 g/mol. The van der Waals surface area contributed by atoms with Gasteiger partial charge in [-0.05, 0) is 44.2 Å². The lowest BCUT2D eigenvalue weighted by molar-refractivity contribution is -0.128. The number of likely N-dealkylation sites (N-methyl/N-ethyl adjacent to an activating group) is 1. The van der Waals surface area contributed by atoms with Gasteiger partial charge in [-0.3, -0.25) is 14.6 Å². The van der Waals surface area contributed by atoms with Crippen LogP contribution >= 0.6 is 11.6 Å². The van der Waals surface area contributed by atoms with Crippen LogP contribution in [0.25, 0.3) is 10.9 Å². The maximum absolute atomic E-state index is 12.9. The highest BCUT2D eigenvalue weighted by Crippen LogP contribution is 2.29. The predicted octanol–water partition coefficient (Wildman–Crippen LogP) is 4.42. The van der Waals surface area contributed by atoms with Crippen molar-refractivity contribution in [2.24, 2.45) is 0 Å². The van der Waals surface area contributed by atoms with Gasteiger partial charge in [0.15, 0.2) is 0 Å². The maximum atomic E-state index is 12.9. The van der Waals surface area contributed by atoms with E-state index in [0.717, 1.165) is 0 Å². The predicted molar refractivity (Wildman–Crippen MR) is 118 cm³/mol. The molecule has 0 saturated carbocycles. The SMILES string of the molecule is CCN(CC)C(=O)CNc1c(C(=O)Nc2ccccc2)cnc2ccc(Cl)cc12. The number of hydrogen-bond acceptors (Lipinski definition) is 4. The molecule has 3 rings (SSSR count). The number of halogens is 1. The van der Waals surface area contributed by atoms with Gasteiger partial charge < -0.3 is 15.5 Å². The third kappa shape index (κ3) is 4.84. The molecule has 2 aromatic carbocycles. The van der Waals surface area contributed by atoms with E-state index in [4.69, 9.17) is 11.6 Å². The maximum Gasteiger partial charge on any atom is 0.259 e. The van der Waals surface area contributed by atoms with Crippen molar-refractivity contribution in [1.29, 1.82) is 0 Å². The third-order valence-corrected chi connectivity index (χ3v) is 4.87. The average Bonchev–Trinajstić information content (AvgIpc) is 2.73. The van der Waals surface area contributed by atoms with Crippen LogP contribution in [0.5, 0.6) is 0 Å². The smallest absolute Gasteiger partial charge is 0.259 e. The molecule has 0 spiro atoms. The van der Waals surface area contributed by atoms with Gasteiger partial charge in [-0.2, -0.15) is 0 Å². The molecule has 0 bridgehead atoms. The average molecular weight is 411 g/mol. The Morgan fingerprint density at radius 2 is 1.79 bits per heavy atom. The van der Waals surface area contributed by atoms with Crippen molar-refractivity contribution in [2.75, 3.05) is 30.3 Å². The van der Waals surface area contributed by atoms with Gasteiger partial charge in [0.25, 0.3) is 5.91 Å². The van der Waals surface area contributed by atoms with Crippen LogP contribution < -0.4 is 10.6 Å². The van der Waals surface area contributed by atoms with Gasteiger partial charge in [0.05, 0.1) is 23.3 Å². The molecule has 29 heavy (non-hydrogen) atoms. The summed E-state index contributed by atoms with van der Waals surface area (Å²) < 4.78 is 0. The summed E-state index contributed by atoms with van der Waals surface area (Å²) in [5.41, 5.74) is 2.24. The van der Waals surface area contributed by atoms with E-state index in [1.807, 2.05) is 32.0 Å². The highest BCUT2D eigenvalue weighted by Gasteiger charge is 2.18. The van der Waals surface area contributed by atoms with Crippen LogP contribution in [-0.4, -0.2) is 41.3 Å². The topological polar surface area (TPSA) is 74.3 Å². The zero-order valence-corrected chi connectivity index (χ0v) is 17.2. The molecule has 2 N–H and O–H groups in total. The quantitative estimate of drug-likeness (QED) is 0.604. The van der Waals surface area contributed by atoms with Crippen molar-refractivity contribution in [3.05, 3.63) is 65.3 Å². The summed E-state index contributed by atoms with van der Waals surface area (Å²) >= 11 is 6.18. The Balaban J connectivity index is 1.97. The molecule has 1 aromatic heterocycles. The molecular formula is C22H23ClN4O2. The van der Waals surface area contributed by atoms with E-state index in [9.17, 15) is 9.59 Å². The van der Waals surface area contributed by atoms with E-state index < -0.39 is 0 Å². The van der Waals surface area contributed by atoms with Gasteiger partial charge >= 0.3 is 0 Å². The first-order valence-electron chi connectivity index (χ1n) is 9.49. The molecule has 0 radical (unpaired) electrons. The summed E-state index contributed by atoms with van der Waals surface area (Å²) in [5.74, 6) is -0.361. The van der Waals surface area contributed by atoms with Crippen LogP contribution in [0.2, 0.25) is 5.02 Å². The number of aromatic nitrogens is 1. The second-order valence-electron chi connectivity index (χ2n) is 6.45. The van der Waals surface area contributed by atoms with Gasteiger partial charge in [0.1, 0.15) is 0 Å². The Labute approximate surface area is 174 Å². The van der Waals surface area contributed by atoms with Crippen molar-refractivity contribution in [1.82, 2.24) is 9.88 Å². The number of pyridine rings is 1. The standard InChI is InChI=1S/C22H23ClN4O2/c1-3-27(4-2)20(28)14-25-21-17-12-15(23)10-11-19(17)24-13-18(21)22(29)26-16-8-6-5-7-9-16/h5-13H,3-4,14H2,1-2H3,(H,24,25)(H,26,29). The highest BCUT2D eigenvalue weighted by molar-refractivity contribution is 6.31. The number of anilines is 2. The number of para-hydroxylation sites is 1. The Kier molecular flexibility index (Phi) is 6.67. The molecule has 0 aliphatic heterocycles. The molecule has 0 atom stereocenters. The minimum absolute atomic E-state index is 0.0450. The van der Waals surface area contributed by atoms with Crippen molar-refractivity contribution in [2.45, 2.75) is 13.8 Å². The molecule has 0 unspecified atom stereocenters. The normalized spacial score (nSPS) is 10.6. The fourth-order valence-corrected chi connectivity index (χ4v) is 3.27. The first-order valence-corrected chi connectivity index (χ1v) is 9.87. The summed E-state index contributed by atoms with van der Waals surface area (Å²) in [6.45, 7) is 5.19. The second-order valence-corrected chi connectivity index (χ2v) is 6.88. The molecule has 3 aromatic rings. The second kappa shape index (κ2) is 9.39. The Hall–Kier alpha value is -3.12. The molecule has 150 valence electrons. The van der Waals surface area contributed by atoms with Crippen LogP contribution in [-0.2, 0) is 4.79 Å². The minimum Gasteiger partial charge on any atom is -0.375 e. The van der Waals surface area contributed by atoms with Crippen LogP contribution in [0.3, 0.4) is 0 Å². The van der Waals surface area contributed by atoms with Crippen molar-refractivity contribution in [3.63, 3.8) is 0 Å². The number of amides is 2. The van der Waals surface area contributed by atoms with E-state index in [1.165, 1.54) is 6.20 Å². The van der Waals surface area contributed by atoms with Crippen LogP contribution in [0, 0.1) is 0 Å². The Bertz CT molecular complexity index is 1020. The van der Waals surface area contributed by atoms with Gasteiger partial charge in [-0.25, -0.2) is 0 Å². The third-order valence-electron chi connectivity index (χ3n) is 4.64. The number of carbonyl (C=O) groups is 2. The van der Waals surface area contributed by atoms with Gasteiger partial charge in [0, 0.05) is 35.4 Å². The van der Waals surface area contributed by atoms with E-state index in [2.05, 4.69) is 15.6 Å². The fraction of sp³-hybridized carbons (Fsp3) is 0.227. The molecule has 2 amide bonds.